The van der Waals surface area contributed by atoms with E-state index < -0.39 is 24.0 Å². The summed E-state index contributed by atoms with van der Waals surface area (Å²) >= 11 is 0. The molecule has 7 nitrogen and oxygen atoms in total. The molecule has 0 fully saturated rings. The molecular formula is C26H33BrN2O5. The molecule has 3 rings (SSSR count). The van der Waals surface area contributed by atoms with Gasteiger partial charge in [0.25, 0.3) is 0 Å². The maximum Gasteiger partial charge on any atom is 0.323 e. The van der Waals surface area contributed by atoms with Gasteiger partial charge in [0.2, 0.25) is 5.91 Å². The number of ether oxygens (including phenoxy) is 1. The molecule has 1 aliphatic rings. The number of hydrogen-bond acceptors (Lipinski definition) is 5. The lowest BCUT2D eigenvalue weighted by atomic mass is 10.0. The van der Waals surface area contributed by atoms with Crippen LogP contribution in [0.3, 0.4) is 0 Å². The largest absolute Gasteiger partial charge is 0.480 e. The highest BCUT2D eigenvalue weighted by molar-refractivity contribution is 8.93. The fraction of sp³-hybridized carbons (Fsp3) is 0.423. The number of carbonyl (C=O) groups is 3. The van der Waals surface area contributed by atoms with E-state index in [9.17, 15) is 19.5 Å². The summed E-state index contributed by atoms with van der Waals surface area (Å²) in [6.45, 7) is 3.29. The van der Waals surface area contributed by atoms with E-state index in [1.807, 2.05) is 54.6 Å². The molecule has 2 N–H and O–H groups in total. The number of carboxylic acid groups (broad SMARTS) is 1. The summed E-state index contributed by atoms with van der Waals surface area (Å²) in [5.41, 5.74) is 3.36. The first kappa shape index (κ1) is 27.5. The van der Waals surface area contributed by atoms with Crippen molar-refractivity contribution in [2.45, 2.75) is 57.7 Å². The molecule has 2 aromatic rings. The normalized spacial score (nSPS) is 14.4. The number of carbonyl (C=O) groups excluding carboxylic acids is 2. The second-order valence-corrected chi connectivity index (χ2v) is 8.41. The quantitative estimate of drug-likeness (QED) is 0.431. The van der Waals surface area contributed by atoms with E-state index in [2.05, 4.69) is 5.32 Å². The van der Waals surface area contributed by atoms with E-state index in [1.54, 1.807) is 13.8 Å². The topological polar surface area (TPSA) is 95.9 Å². The molecule has 0 spiro atoms. The number of aryl methyl sites for hydroxylation is 1. The number of esters is 1. The van der Waals surface area contributed by atoms with Crippen molar-refractivity contribution < 1.29 is 24.2 Å². The second kappa shape index (κ2) is 13.2. The van der Waals surface area contributed by atoms with Crippen LogP contribution < -0.4 is 5.32 Å². The third-order valence-corrected chi connectivity index (χ3v) is 6.02. The van der Waals surface area contributed by atoms with Gasteiger partial charge in [0, 0.05) is 6.04 Å². The van der Waals surface area contributed by atoms with Crippen molar-refractivity contribution in [3.05, 3.63) is 71.3 Å². The van der Waals surface area contributed by atoms with Gasteiger partial charge < -0.3 is 14.7 Å². The van der Waals surface area contributed by atoms with Crippen LogP contribution in [0.5, 0.6) is 0 Å². The second-order valence-electron chi connectivity index (χ2n) is 8.41. The van der Waals surface area contributed by atoms with Gasteiger partial charge in [-0.1, -0.05) is 54.6 Å². The Morgan fingerprint density at radius 2 is 1.65 bits per heavy atom. The standard InChI is InChI=1S/C26H32N2O5.BrH/c1-3-33-26(32)23(14-13-19-9-5-4-6-10-19)27-18(2)25(31)28(17-24(29)30)22-15-20-11-7-8-12-21(20)16-22;/h4-12,18,22-23,27H,3,13-17H2,1-2H3,(H,29,30);1H/t18-,23-;/m0./s1. The lowest BCUT2D eigenvalue weighted by Gasteiger charge is -2.31. The maximum absolute atomic E-state index is 13.4. The SMILES string of the molecule is Br.CCOC(=O)[C@H](CCc1ccccc1)N[C@@H](C)C(=O)N(CC(=O)O)C1Cc2ccccc2C1. The smallest absolute Gasteiger partial charge is 0.323 e. The van der Waals surface area contributed by atoms with Crippen molar-refractivity contribution in [3.63, 3.8) is 0 Å². The predicted molar refractivity (Wildman–Crippen MR) is 135 cm³/mol. The summed E-state index contributed by atoms with van der Waals surface area (Å²) in [4.78, 5) is 38.9. The molecule has 0 aliphatic heterocycles. The van der Waals surface area contributed by atoms with Crippen LogP contribution in [0.25, 0.3) is 0 Å². The Morgan fingerprint density at radius 3 is 2.21 bits per heavy atom. The van der Waals surface area contributed by atoms with Crippen LogP contribution in [0, 0.1) is 0 Å². The molecule has 0 aromatic heterocycles. The van der Waals surface area contributed by atoms with E-state index in [4.69, 9.17) is 4.74 Å². The Morgan fingerprint density at radius 1 is 1.06 bits per heavy atom. The van der Waals surface area contributed by atoms with Gasteiger partial charge in [0.15, 0.2) is 0 Å². The van der Waals surface area contributed by atoms with Gasteiger partial charge in [-0.25, -0.2) is 0 Å². The van der Waals surface area contributed by atoms with Crippen molar-refractivity contribution >= 4 is 34.8 Å². The number of amides is 1. The first-order valence-corrected chi connectivity index (χ1v) is 11.4. The molecule has 8 heteroatoms. The van der Waals surface area contributed by atoms with Gasteiger partial charge in [0.1, 0.15) is 12.6 Å². The van der Waals surface area contributed by atoms with Crippen LogP contribution in [0.1, 0.15) is 37.0 Å². The number of carboxylic acids is 1. The molecule has 2 atom stereocenters. The maximum atomic E-state index is 13.4. The van der Waals surface area contributed by atoms with Crippen LogP contribution >= 0.6 is 17.0 Å². The summed E-state index contributed by atoms with van der Waals surface area (Å²) in [5, 5.41) is 12.6. The number of halogens is 1. The summed E-state index contributed by atoms with van der Waals surface area (Å²) in [5.74, 6) is -1.80. The number of aliphatic carboxylic acids is 1. The van der Waals surface area contributed by atoms with Crippen LogP contribution in [0.15, 0.2) is 54.6 Å². The van der Waals surface area contributed by atoms with Crippen LogP contribution in [-0.4, -0.2) is 59.1 Å². The van der Waals surface area contributed by atoms with Crippen LogP contribution in [0.4, 0.5) is 0 Å². The predicted octanol–water partition coefficient (Wildman–Crippen LogP) is 3.19. The molecule has 0 heterocycles. The molecule has 0 saturated carbocycles. The highest BCUT2D eigenvalue weighted by Crippen LogP contribution is 2.26. The Kier molecular flexibility index (Phi) is 10.7. The lowest BCUT2D eigenvalue weighted by Crippen LogP contribution is -2.54. The zero-order chi connectivity index (χ0) is 23.8. The summed E-state index contributed by atoms with van der Waals surface area (Å²) in [6.07, 6.45) is 2.36. The van der Waals surface area contributed by atoms with Crippen molar-refractivity contribution in [1.29, 1.82) is 0 Å². The highest BCUT2D eigenvalue weighted by Gasteiger charge is 2.34. The van der Waals surface area contributed by atoms with Crippen LogP contribution in [0.2, 0.25) is 0 Å². The number of benzene rings is 2. The number of nitrogens with zero attached hydrogens (tertiary/aromatic N) is 1. The minimum absolute atomic E-state index is 0. The van der Waals surface area contributed by atoms with Crippen molar-refractivity contribution in [3.8, 4) is 0 Å². The number of nitrogens with one attached hydrogen (secondary N) is 1. The minimum atomic E-state index is -1.06. The molecule has 2 aromatic carbocycles. The highest BCUT2D eigenvalue weighted by atomic mass is 79.9. The van der Waals surface area contributed by atoms with Gasteiger partial charge in [-0.15, -0.1) is 17.0 Å². The van der Waals surface area contributed by atoms with Gasteiger partial charge >= 0.3 is 11.9 Å². The first-order chi connectivity index (χ1) is 15.9. The van der Waals surface area contributed by atoms with E-state index in [0.717, 1.165) is 16.7 Å². The average Bonchev–Trinajstić information content (AvgIpc) is 3.24. The van der Waals surface area contributed by atoms with Gasteiger partial charge in [-0.05, 0) is 56.2 Å². The van der Waals surface area contributed by atoms with E-state index >= 15 is 0 Å². The van der Waals surface area contributed by atoms with Crippen molar-refractivity contribution in [2.75, 3.05) is 13.2 Å². The summed E-state index contributed by atoms with van der Waals surface area (Å²) < 4.78 is 5.22. The molecule has 0 bridgehead atoms. The molecule has 34 heavy (non-hydrogen) atoms. The third-order valence-electron chi connectivity index (χ3n) is 6.02. The first-order valence-electron chi connectivity index (χ1n) is 11.4. The molecule has 1 amide bonds. The molecule has 184 valence electrons. The zero-order valence-electron chi connectivity index (χ0n) is 19.6. The molecule has 0 unspecified atom stereocenters. The van der Waals surface area contributed by atoms with Gasteiger partial charge in [-0.3, -0.25) is 19.7 Å². The molecular weight excluding hydrogens is 500 g/mol. The fourth-order valence-corrected chi connectivity index (χ4v) is 4.38. The molecule has 0 saturated heterocycles. The van der Waals surface area contributed by atoms with Gasteiger partial charge in [0.05, 0.1) is 12.6 Å². The summed E-state index contributed by atoms with van der Waals surface area (Å²) in [6, 6.07) is 16.1. The summed E-state index contributed by atoms with van der Waals surface area (Å²) in [7, 11) is 0. The van der Waals surface area contributed by atoms with E-state index in [-0.39, 0.29) is 42.1 Å². The monoisotopic (exact) mass is 532 g/mol. The number of hydrogen-bond donors (Lipinski definition) is 2. The average molecular weight is 533 g/mol. The molecule has 0 radical (unpaired) electrons. The van der Waals surface area contributed by atoms with Crippen LogP contribution in [-0.2, 0) is 38.4 Å². The lowest BCUT2D eigenvalue weighted by molar-refractivity contribution is -0.149. The number of rotatable bonds is 11. The Balaban J connectivity index is 0.00000408. The molecule has 1 aliphatic carbocycles. The van der Waals surface area contributed by atoms with Gasteiger partial charge in [-0.2, -0.15) is 0 Å². The zero-order valence-corrected chi connectivity index (χ0v) is 21.3. The van der Waals surface area contributed by atoms with E-state index in [0.29, 0.717) is 25.7 Å². The van der Waals surface area contributed by atoms with Crippen molar-refractivity contribution in [1.82, 2.24) is 10.2 Å². The van der Waals surface area contributed by atoms with Crippen molar-refractivity contribution in [2.24, 2.45) is 0 Å². The third kappa shape index (κ3) is 7.40. The fourth-order valence-electron chi connectivity index (χ4n) is 4.38. The van der Waals surface area contributed by atoms with E-state index in [1.165, 1.54) is 4.90 Å². The Labute approximate surface area is 211 Å². The number of fused-ring (bicyclic) bond motifs is 1. The Hall–Kier alpha value is -2.71. The Bertz CT molecular complexity index is 944. The minimum Gasteiger partial charge on any atom is -0.480 e.